The Morgan fingerprint density at radius 3 is 2.81 bits per heavy atom. The molecule has 90 valence electrons. The van der Waals surface area contributed by atoms with Gasteiger partial charge >= 0.3 is 0 Å². The Bertz CT molecular complexity index is 326. The van der Waals surface area contributed by atoms with Crippen LogP contribution in [0.25, 0.3) is 0 Å². The van der Waals surface area contributed by atoms with Gasteiger partial charge < -0.3 is 9.84 Å². The minimum Gasteiger partial charge on any atom is -0.496 e. The molecule has 1 aromatic carbocycles. The molecule has 3 heteroatoms. The molecule has 1 atom stereocenters. The van der Waals surface area contributed by atoms with Gasteiger partial charge in [-0.15, -0.1) is 0 Å². The lowest BCUT2D eigenvalue weighted by atomic mass is 10.0. The van der Waals surface area contributed by atoms with Gasteiger partial charge in [0.25, 0.3) is 0 Å². The summed E-state index contributed by atoms with van der Waals surface area (Å²) in [6.07, 6.45) is 3.42. The van der Waals surface area contributed by atoms with Crippen LogP contribution in [0.4, 0.5) is 0 Å². The molecule has 0 aromatic heterocycles. The van der Waals surface area contributed by atoms with Crippen LogP contribution < -0.4 is 4.74 Å². The number of aliphatic hydroxyl groups is 1. The van der Waals surface area contributed by atoms with Gasteiger partial charge in [0.05, 0.1) is 13.2 Å². The van der Waals surface area contributed by atoms with Crippen LogP contribution in [0.2, 0.25) is 0 Å². The lowest BCUT2D eigenvalue weighted by Gasteiger charge is -2.13. The van der Waals surface area contributed by atoms with Gasteiger partial charge in [0, 0.05) is 10.9 Å². The van der Waals surface area contributed by atoms with Gasteiger partial charge in [-0.05, 0) is 30.2 Å². The SMILES string of the molecule is CCCCC(O)Cc1cc(Br)ccc1OC. The van der Waals surface area contributed by atoms with E-state index in [-0.39, 0.29) is 6.10 Å². The Labute approximate surface area is 106 Å². The molecule has 0 spiro atoms. The summed E-state index contributed by atoms with van der Waals surface area (Å²) in [4.78, 5) is 0. The summed E-state index contributed by atoms with van der Waals surface area (Å²) >= 11 is 3.43. The summed E-state index contributed by atoms with van der Waals surface area (Å²) < 4.78 is 6.29. The maximum Gasteiger partial charge on any atom is 0.122 e. The Kier molecular flexibility index (Phi) is 5.85. The molecule has 0 aliphatic rings. The highest BCUT2D eigenvalue weighted by molar-refractivity contribution is 9.10. The standard InChI is InChI=1S/C13H19BrO2/c1-3-4-5-12(15)9-10-8-11(14)6-7-13(10)16-2/h6-8,12,15H,3-5,9H2,1-2H3. The van der Waals surface area contributed by atoms with Crippen LogP contribution in [-0.4, -0.2) is 18.3 Å². The largest absolute Gasteiger partial charge is 0.496 e. The van der Waals surface area contributed by atoms with Crippen LogP contribution in [0.5, 0.6) is 5.75 Å². The summed E-state index contributed by atoms with van der Waals surface area (Å²) in [5.41, 5.74) is 1.06. The number of rotatable bonds is 6. The number of methoxy groups -OCH3 is 1. The first-order valence-corrected chi connectivity index (χ1v) is 6.47. The topological polar surface area (TPSA) is 29.5 Å². The summed E-state index contributed by atoms with van der Waals surface area (Å²) in [5.74, 6) is 0.846. The monoisotopic (exact) mass is 286 g/mol. The molecule has 1 rings (SSSR count). The van der Waals surface area contributed by atoms with Crippen LogP contribution in [0.1, 0.15) is 31.7 Å². The van der Waals surface area contributed by atoms with E-state index in [2.05, 4.69) is 22.9 Å². The molecule has 0 bridgehead atoms. The zero-order chi connectivity index (χ0) is 12.0. The van der Waals surface area contributed by atoms with Crippen LogP contribution in [0.15, 0.2) is 22.7 Å². The molecule has 16 heavy (non-hydrogen) atoms. The second kappa shape index (κ2) is 6.92. The molecule has 1 aromatic rings. The van der Waals surface area contributed by atoms with E-state index in [0.717, 1.165) is 35.0 Å². The zero-order valence-electron chi connectivity index (χ0n) is 9.87. The van der Waals surface area contributed by atoms with Gasteiger partial charge in [0.1, 0.15) is 5.75 Å². The van der Waals surface area contributed by atoms with Crippen LogP contribution in [0.3, 0.4) is 0 Å². The second-order valence-electron chi connectivity index (χ2n) is 3.96. The molecule has 0 aliphatic heterocycles. The normalized spacial score (nSPS) is 12.5. The third-order valence-corrected chi connectivity index (χ3v) is 3.08. The number of halogens is 1. The van der Waals surface area contributed by atoms with Crippen molar-refractivity contribution in [3.63, 3.8) is 0 Å². The van der Waals surface area contributed by atoms with Crippen molar-refractivity contribution < 1.29 is 9.84 Å². The zero-order valence-corrected chi connectivity index (χ0v) is 11.5. The van der Waals surface area contributed by atoms with E-state index < -0.39 is 0 Å². The summed E-state index contributed by atoms with van der Waals surface area (Å²) in [6.45, 7) is 2.13. The number of aliphatic hydroxyl groups excluding tert-OH is 1. The van der Waals surface area contributed by atoms with Crippen molar-refractivity contribution in [2.45, 2.75) is 38.7 Å². The van der Waals surface area contributed by atoms with E-state index in [1.54, 1.807) is 7.11 Å². The average Bonchev–Trinajstić information content (AvgIpc) is 2.27. The second-order valence-corrected chi connectivity index (χ2v) is 4.87. The van der Waals surface area contributed by atoms with E-state index in [1.807, 2.05) is 18.2 Å². The van der Waals surface area contributed by atoms with Crippen LogP contribution in [-0.2, 0) is 6.42 Å². The first kappa shape index (κ1) is 13.5. The quantitative estimate of drug-likeness (QED) is 0.867. The molecule has 0 amide bonds. The fourth-order valence-electron chi connectivity index (χ4n) is 1.70. The Morgan fingerprint density at radius 2 is 2.19 bits per heavy atom. The van der Waals surface area contributed by atoms with E-state index >= 15 is 0 Å². The predicted molar refractivity (Wildman–Crippen MR) is 69.9 cm³/mol. The molecule has 0 saturated carbocycles. The third kappa shape index (κ3) is 4.14. The molecule has 0 heterocycles. The highest BCUT2D eigenvalue weighted by Crippen LogP contribution is 2.24. The summed E-state index contributed by atoms with van der Waals surface area (Å²) in [7, 11) is 1.66. The van der Waals surface area contributed by atoms with Crippen molar-refractivity contribution in [1.82, 2.24) is 0 Å². The van der Waals surface area contributed by atoms with Crippen molar-refractivity contribution in [3.8, 4) is 5.75 Å². The number of unbranched alkanes of at least 4 members (excludes halogenated alkanes) is 1. The Balaban J connectivity index is 2.67. The van der Waals surface area contributed by atoms with Gasteiger partial charge in [0.2, 0.25) is 0 Å². The average molecular weight is 287 g/mol. The molecule has 2 nitrogen and oxygen atoms in total. The van der Waals surface area contributed by atoms with Crippen molar-refractivity contribution in [2.75, 3.05) is 7.11 Å². The Hall–Kier alpha value is -0.540. The summed E-state index contributed by atoms with van der Waals surface area (Å²) in [5, 5.41) is 9.87. The molecular formula is C13H19BrO2. The number of ether oxygens (including phenoxy) is 1. The summed E-state index contributed by atoms with van der Waals surface area (Å²) in [6, 6.07) is 5.88. The van der Waals surface area contributed by atoms with E-state index in [0.29, 0.717) is 6.42 Å². The van der Waals surface area contributed by atoms with Gasteiger partial charge in [-0.2, -0.15) is 0 Å². The van der Waals surface area contributed by atoms with Crippen molar-refractivity contribution >= 4 is 15.9 Å². The van der Waals surface area contributed by atoms with Gasteiger partial charge in [-0.25, -0.2) is 0 Å². The molecule has 0 saturated heterocycles. The number of hydrogen-bond acceptors (Lipinski definition) is 2. The lowest BCUT2D eigenvalue weighted by Crippen LogP contribution is -2.11. The molecule has 0 fully saturated rings. The number of hydrogen-bond donors (Lipinski definition) is 1. The van der Waals surface area contributed by atoms with Crippen LogP contribution >= 0.6 is 15.9 Å². The van der Waals surface area contributed by atoms with E-state index in [9.17, 15) is 5.11 Å². The lowest BCUT2D eigenvalue weighted by molar-refractivity contribution is 0.160. The van der Waals surface area contributed by atoms with Crippen molar-refractivity contribution in [3.05, 3.63) is 28.2 Å². The minimum atomic E-state index is -0.275. The smallest absolute Gasteiger partial charge is 0.122 e. The number of benzene rings is 1. The molecular weight excluding hydrogens is 268 g/mol. The van der Waals surface area contributed by atoms with Gasteiger partial charge in [0.15, 0.2) is 0 Å². The minimum absolute atomic E-state index is 0.275. The first-order chi connectivity index (χ1) is 7.67. The van der Waals surface area contributed by atoms with E-state index in [4.69, 9.17) is 4.74 Å². The van der Waals surface area contributed by atoms with Gasteiger partial charge in [-0.1, -0.05) is 35.7 Å². The van der Waals surface area contributed by atoms with Crippen molar-refractivity contribution in [2.24, 2.45) is 0 Å². The molecule has 1 unspecified atom stereocenters. The maximum atomic E-state index is 9.87. The highest BCUT2D eigenvalue weighted by atomic mass is 79.9. The van der Waals surface area contributed by atoms with Gasteiger partial charge in [-0.3, -0.25) is 0 Å². The van der Waals surface area contributed by atoms with Crippen LogP contribution in [0, 0.1) is 0 Å². The fraction of sp³-hybridized carbons (Fsp3) is 0.538. The molecule has 0 aliphatic carbocycles. The predicted octanol–water partition coefficient (Wildman–Crippen LogP) is 3.55. The fourth-order valence-corrected chi connectivity index (χ4v) is 2.11. The maximum absolute atomic E-state index is 9.87. The molecule has 0 radical (unpaired) electrons. The highest BCUT2D eigenvalue weighted by Gasteiger charge is 2.09. The Morgan fingerprint density at radius 1 is 1.44 bits per heavy atom. The molecule has 1 N–H and O–H groups in total. The third-order valence-electron chi connectivity index (χ3n) is 2.59. The van der Waals surface area contributed by atoms with E-state index in [1.165, 1.54) is 0 Å². The first-order valence-electron chi connectivity index (χ1n) is 5.67. The van der Waals surface area contributed by atoms with Crippen molar-refractivity contribution in [1.29, 1.82) is 0 Å².